The summed E-state index contributed by atoms with van der Waals surface area (Å²) in [4.78, 5) is 41.9. The average molecular weight is 554 g/mol. The quantitative estimate of drug-likeness (QED) is 0.380. The van der Waals surface area contributed by atoms with Crippen LogP contribution < -0.4 is 10.8 Å². The second-order valence-corrected chi connectivity index (χ2v) is 10.3. The molecule has 2 aliphatic rings. The summed E-state index contributed by atoms with van der Waals surface area (Å²) in [5, 5.41) is 5.83. The third-order valence-electron chi connectivity index (χ3n) is 5.62. The van der Waals surface area contributed by atoms with Crippen LogP contribution in [-0.4, -0.2) is 71.9 Å². The highest BCUT2D eigenvalue weighted by molar-refractivity contribution is 7.99. The molecule has 0 radical (unpaired) electrons. The van der Waals surface area contributed by atoms with Gasteiger partial charge in [0.25, 0.3) is 5.91 Å². The number of amides is 1. The molecule has 36 heavy (non-hydrogen) atoms. The van der Waals surface area contributed by atoms with Crippen molar-refractivity contribution < 1.29 is 23.6 Å². The largest absolute Gasteiger partial charge is 0.463 e. The van der Waals surface area contributed by atoms with Crippen LogP contribution in [0.25, 0.3) is 0 Å². The highest BCUT2D eigenvalue weighted by Gasteiger charge is 2.37. The first kappa shape index (κ1) is 26.6. The predicted octanol–water partition coefficient (Wildman–Crippen LogP) is 2.94. The zero-order valence-electron chi connectivity index (χ0n) is 19.6. The topological polar surface area (TPSA) is 105 Å². The van der Waals surface area contributed by atoms with Crippen LogP contribution in [0, 0.1) is 5.82 Å². The van der Waals surface area contributed by atoms with Gasteiger partial charge in [-0.25, -0.2) is 19.6 Å². The number of hydrogen-bond donors (Lipinski definition) is 2. The maximum atomic E-state index is 13.9. The lowest BCUT2D eigenvalue weighted by Crippen LogP contribution is -2.53. The Morgan fingerprint density at radius 1 is 1.39 bits per heavy atom. The molecule has 3 heterocycles. The molecule has 0 saturated carbocycles. The van der Waals surface area contributed by atoms with E-state index in [1.165, 1.54) is 36.6 Å². The normalized spacial score (nSPS) is 20.5. The molecule has 1 amide bonds. The number of aromatic nitrogens is 1. The fourth-order valence-corrected chi connectivity index (χ4v) is 5.98. The maximum Gasteiger partial charge on any atom is 0.338 e. The van der Waals surface area contributed by atoms with Crippen molar-refractivity contribution in [3.05, 3.63) is 62.5 Å². The molecule has 192 valence electrons. The minimum absolute atomic E-state index is 0.136. The standard InChI is InChI=1S/C23H25ClFN5O4S2/c1-3-34-23(32)18-16(11-30-7-9-35-12-17(30)21(31)29-33-2)27-20(22-26-6-8-36-22)28-19(18)14-5-4-13(25)10-15(14)24/h4-6,8,10,17,19H,3,7,9,11-12H2,1-2H3,(H,27,28)(H,29,31)/t17-,19-/m0/s1. The number of halogens is 2. The van der Waals surface area contributed by atoms with Crippen LogP contribution in [0.4, 0.5) is 4.39 Å². The Balaban J connectivity index is 1.81. The van der Waals surface area contributed by atoms with E-state index in [0.29, 0.717) is 34.4 Å². The van der Waals surface area contributed by atoms with E-state index in [0.717, 1.165) is 5.75 Å². The first-order valence-electron chi connectivity index (χ1n) is 11.2. The fourth-order valence-electron chi connectivity index (χ4n) is 4.01. The van der Waals surface area contributed by atoms with E-state index in [9.17, 15) is 14.0 Å². The minimum atomic E-state index is -0.863. The van der Waals surface area contributed by atoms with Crippen LogP contribution in [0.1, 0.15) is 23.5 Å². The van der Waals surface area contributed by atoms with Gasteiger partial charge in [0.1, 0.15) is 17.9 Å². The summed E-state index contributed by atoms with van der Waals surface area (Å²) in [7, 11) is 1.39. The third-order valence-corrected chi connectivity index (χ3v) is 7.75. The van der Waals surface area contributed by atoms with Gasteiger partial charge in [-0.1, -0.05) is 17.7 Å². The lowest BCUT2D eigenvalue weighted by Gasteiger charge is -2.36. The van der Waals surface area contributed by atoms with E-state index in [1.54, 1.807) is 24.9 Å². The number of thiazole rings is 1. The molecule has 0 unspecified atom stereocenters. The molecule has 9 nitrogen and oxygen atoms in total. The number of hydrogen-bond acceptors (Lipinski definition) is 10. The summed E-state index contributed by atoms with van der Waals surface area (Å²) in [6.45, 7) is 2.71. The number of ether oxygens (including phenoxy) is 1. The number of esters is 1. The molecular formula is C23H25ClFN5O4S2. The van der Waals surface area contributed by atoms with Gasteiger partial charge in [-0.15, -0.1) is 11.3 Å². The number of thioether (sulfide) groups is 1. The molecule has 2 N–H and O–H groups in total. The number of carbonyl (C=O) groups is 2. The molecule has 2 aromatic rings. The minimum Gasteiger partial charge on any atom is -0.463 e. The molecule has 1 saturated heterocycles. The van der Waals surface area contributed by atoms with E-state index >= 15 is 0 Å². The van der Waals surface area contributed by atoms with Gasteiger partial charge in [0.15, 0.2) is 10.8 Å². The number of nitrogens with one attached hydrogen (secondary N) is 2. The summed E-state index contributed by atoms with van der Waals surface area (Å²) in [6, 6.07) is 2.64. The molecule has 13 heteroatoms. The molecule has 4 rings (SSSR count). The molecule has 0 spiro atoms. The number of hydroxylamine groups is 1. The summed E-state index contributed by atoms with van der Waals surface area (Å²) in [6.07, 6.45) is 1.65. The van der Waals surface area contributed by atoms with E-state index in [1.807, 2.05) is 10.3 Å². The van der Waals surface area contributed by atoms with E-state index in [2.05, 4.69) is 15.8 Å². The number of benzene rings is 1. The summed E-state index contributed by atoms with van der Waals surface area (Å²) in [5.74, 6) is 0.490. The Morgan fingerprint density at radius 2 is 2.22 bits per heavy atom. The lowest BCUT2D eigenvalue weighted by atomic mass is 9.95. The first-order valence-corrected chi connectivity index (χ1v) is 13.6. The maximum absolute atomic E-state index is 13.9. The second kappa shape index (κ2) is 12.2. The van der Waals surface area contributed by atoms with Crippen LogP contribution in [0.3, 0.4) is 0 Å². The van der Waals surface area contributed by atoms with Crippen LogP contribution in [0.5, 0.6) is 0 Å². The Bertz CT molecular complexity index is 1180. The van der Waals surface area contributed by atoms with Gasteiger partial charge < -0.3 is 10.1 Å². The van der Waals surface area contributed by atoms with Crippen molar-refractivity contribution in [2.45, 2.75) is 19.0 Å². The van der Waals surface area contributed by atoms with E-state index in [-0.39, 0.29) is 29.7 Å². The summed E-state index contributed by atoms with van der Waals surface area (Å²) < 4.78 is 19.3. The van der Waals surface area contributed by atoms with Gasteiger partial charge in [-0.2, -0.15) is 11.8 Å². The number of amidine groups is 1. The molecule has 1 aromatic heterocycles. The van der Waals surface area contributed by atoms with Crippen LogP contribution in [-0.2, 0) is 19.2 Å². The van der Waals surface area contributed by atoms with Crippen molar-refractivity contribution >= 4 is 52.4 Å². The van der Waals surface area contributed by atoms with Gasteiger partial charge in [0, 0.05) is 52.5 Å². The molecular weight excluding hydrogens is 529 g/mol. The molecule has 0 aliphatic carbocycles. The van der Waals surface area contributed by atoms with Crippen molar-refractivity contribution in [1.29, 1.82) is 0 Å². The van der Waals surface area contributed by atoms with Crippen LogP contribution >= 0.6 is 34.7 Å². The van der Waals surface area contributed by atoms with Crippen molar-refractivity contribution in [1.82, 2.24) is 20.7 Å². The molecule has 2 aliphatic heterocycles. The van der Waals surface area contributed by atoms with E-state index in [4.69, 9.17) is 26.2 Å². The lowest BCUT2D eigenvalue weighted by molar-refractivity contribution is -0.139. The molecule has 2 atom stereocenters. The zero-order chi connectivity index (χ0) is 25.7. The monoisotopic (exact) mass is 553 g/mol. The van der Waals surface area contributed by atoms with Crippen LogP contribution in [0.15, 0.2) is 46.0 Å². The van der Waals surface area contributed by atoms with Crippen molar-refractivity contribution in [2.24, 2.45) is 4.99 Å². The fraction of sp³-hybridized carbons (Fsp3) is 0.391. The van der Waals surface area contributed by atoms with Gasteiger partial charge in [-0.05, 0) is 19.1 Å². The highest BCUT2D eigenvalue weighted by Crippen LogP contribution is 2.37. The third kappa shape index (κ3) is 5.89. The summed E-state index contributed by atoms with van der Waals surface area (Å²) >= 11 is 9.47. The Kier molecular flexibility index (Phi) is 8.96. The zero-order valence-corrected chi connectivity index (χ0v) is 22.0. The number of aliphatic imine (C=N–C) groups is 1. The van der Waals surface area contributed by atoms with Gasteiger partial charge in [0.2, 0.25) is 0 Å². The van der Waals surface area contributed by atoms with Gasteiger partial charge in [-0.3, -0.25) is 19.5 Å². The number of nitrogens with zero attached hydrogens (tertiary/aromatic N) is 3. The Hall–Kier alpha value is -2.51. The van der Waals surface area contributed by atoms with Gasteiger partial charge >= 0.3 is 5.97 Å². The summed E-state index contributed by atoms with van der Waals surface area (Å²) in [5.41, 5.74) is 3.62. The number of rotatable bonds is 8. The van der Waals surface area contributed by atoms with Crippen molar-refractivity contribution in [3.63, 3.8) is 0 Å². The highest BCUT2D eigenvalue weighted by atomic mass is 35.5. The molecule has 1 aromatic carbocycles. The van der Waals surface area contributed by atoms with E-state index < -0.39 is 23.9 Å². The van der Waals surface area contributed by atoms with Gasteiger partial charge in [0.05, 0.1) is 19.3 Å². The Morgan fingerprint density at radius 3 is 2.92 bits per heavy atom. The van der Waals surface area contributed by atoms with Crippen LogP contribution in [0.2, 0.25) is 5.02 Å². The molecule has 0 bridgehead atoms. The SMILES string of the molecule is CCOC(=O)C1=C(CN2CCSC[C@H]2C(=O)NOC)NC(c2nccs2)=N[C@H]1c1ccc(F)cc1Cl. The predicted molar refractivity (Wildman–Crippen MR) is 137 cm³/mol. The molecule has 1 fully saturated rings. The number of carbonyl (C=O) groups excluding carboxylic acids is 2. The smallest absolute Gasteiger partial charge is 0.338 e. The first-order chi connectivity index (χ1) is 17.4. The van der Waals surface area contributed by atoms with Crippen molar-refractivity contribution in [3.8, 4) is 0 Å². The van der Waals surface area contributed by atoms with Crippen molar-refractivity contribution in [2.75, 3.05) is 38.3 Å². The average Bonchev–Trinajstić information content (AvgIpc) is 3.39. The Labute approximate surface area is 221 Å². The second-order valence-electron chi connectivity index (χ2n) is 7.85.